The van der Waals surface area contributed by atoms with Crippen LogP contribution in [0.3, 0.4) is 0 Å². The second-order valence-corrected chi connectivity index (χ2v) is 4.32. The van der Waals surface area contributed by atoms with Gasteiger partial charge in [0.1, 0.15) is 5.52 Å². The predicted molar refractivity (Wildman–Crippen MR) is 69.9 cm³/mol. The molecule has 0 aliphatic rings. The molecule has 0 saturated carbocycles. The van der Waals surface area contributed by atoms with Crippen LogP contribution in [0.5, 0.6) is 0 Å². The zero-order chi connectivity index (χ0) is 14.2. The molecule has 1 aromatic heterocycles. The van der Waals surface area contributed by atoms with Crippen LogP contribution in [0, 0.1) is 24.4 Å². The minimum Gasteiger partial charge on any atom is -0.385 e. The van der Waals surface area contributed by atoms with E-state index in [1.54, 1.807) is 0 Å². The maximum absolute atomic E-state index is 13.8. The zero-order valence-corrected chi connectivity index (χ0v) is 11.1. The van der Waals surface area contributed by atoms with Gasteiger partial charge in [-0.1, -0.05) is 6.92 Å². The van der Waals surface area contributed by atoms with Crippen molar-refractivity contribution >= 4 is 16.6 Å². The molecule has 5 heteroatoms. The molecule has 0 saturated heterocycles. The number of hydrogen-bond donors (Lipinski definition) is 1. The number of anilines is 1. The van der Waals surface area contributed by atoms with Crippen LogP contribution in [-0.4, -0.2) is 11.5 Å². The van der Waals surface area contributed by atoms with Crippen LogP contribution in [0.2, 0.25) is 0 Å². The van der Waals surface area contributed by atoms with Crippen LogP contribution < -0.4 is 5.32 Å². The van der Waals surface area contributed by atoms with E-state index in [2.05, 4.69) is 10.3 Å². The number of rotatable bonds is 3. The molecule has 0 aliphatic carbocycles. The molecule has 0 unspecified atom stereocenters. The molecule has 2 rings (SSSR count). The highest BCUT2D eigenvalue weighted by Gasteiger charge is 2.19. The second kappa shape index (κ2) is 5.07. The molecule has 0 bridgehead atoms. The van der Waals surface area contributed by atoms with Gasteiger partial charge in [-0.05, 0) is 31.9 Å². The quantitative estimate of drug-likeness (QED) is 0.852. The molecule has 19 heavy (non-hydrogen) atoms. The van der Waals surface area contributed by atoms with Gasteiger partial charge >= 0.3 is 0 Å². The number of hydrogen-bond acceptors (Lipinski definition) is 2. The van der Waals surface area contributed by atoms with Crippen LogP contribution in [0.4, 0.5) is 18.9 Å². The Morgan fingerprint density at radius 1 is 1.16 bits per heavy atom. The fraction of sp³-hybridized carbons (Fsp3) is 0.357. The maximum Gasteiger partial charge on any atom is 0.196 e. The van der Waals surface area contributed by atoms with Crippen molar-refractivity contribution in [1.82, 2.24) is 4.98 Å². The summed E-state index contributed by atoms with van der Waals surface area (Å²) < 4.78 is 40.5. The number of aryl methyl sites for hydroxylation is 1. The van der Waals surface area contributed by atoms with Gasteiger partial charge < -0.3 is 5.32 Å². The van der Waals surface area contributed by atoms with E-state index in [1.807, 2.05) is 20.8 Å². The Bertz CT molecular complexity index is 639. The van der Waals surface area contributed by atoms with E-state index in [0.29, 0.717) is 24.3 Å². The first-order valence-electron chi connectivity index (χ1n) is 6.21. The van der Waals surface area contributed by atoms with Crippen molar-refractivity contribution in [2.75, 3.05) is 11.9 Å². The summed E-state index contributed by atoms with van der Waals surface area (Å²) in [6, 6.07) is 0.991. The predicted octanol–water partition coefficient (Wildman–Crippen LogP) is 3.95. The molecular formula is C14H15F3N2. The van der Waals surface area contributed by atoms with Gasteiger partial charge in [0.2, 0.25) is 0 Å². The van der Waals surface area contributed by atoms with Gasteiger partial charge in [-0.25, -0.2) is 18.2 Å². The molecule has 1 N–H and O–H groups in total. The highest BCUT2D eigenvalue weighted by molar-refractivity contribution is 5.93. The molecule has 0 spiro atoms. The van der Waals surface area contributed by atoms with E-state index in [4.69, 9.17) is 0 Å². The molecule has 0 atom stereocenters. The summed E-state index contributed by atoms with van der Waals surface area (Å²) in [4.78, 5) is 4.12. The number of pyridine rings is 1. The van der Waals surface area contributed by atoms with Gasteiger partial charge in [0.25, 0.3) is 0 Å². The molecular weight excluding hydrogens is 253 g/mol. The number of nitrogens with zero attached hydrogens (tertiary/aromatic N) is 1. The highest BCUT2D eigenvalue weighted by Crippen LogP contribution is 2.31. The first-order chi connectivity index (χ1) is 9.01. The Hall–Kier alpha value is -1.78. The lowest BCUT2D eigenvalue weighted by atomic mass is 10.0. The first kappa shape index (κ1) is 13.6. The van der Waals surface area contributed by atoms with E-state index < -0.39 is 17.5 Å². The highest BCUT2D eigenvalue weighted by atomic mass is 19.2. The Kier molecular flexibility index (Phi) is 3.64. The largest absolute Gasteiger partial charge is 0.385 e. The topological polar surface area (TPSA) is 24.9 Å². The summed E-state index contributed by atoms with van der Waals surface area (Å²) >= 11 is 0. The van der Waals surface area contributed by atoms with Crippen LogP contribution >= 0.6 is 0 Å². The van der Waals surface area contributed by atoms with Gasteiger partial charge in [0.05, 0.1) is 0 Å². The molecule has 1 heterocycles. The summed E-state index contributed by atoms with van der Waals surface area (Å²) in [7, 11) is 0. The average Bonchev–Trinajstić information content (AvgIpc) is 2.40. The van der Waals surface area contributed by atoms with E-state index in [1.165, 1.54) is 0 Å². The lowest BCUT2D eigenvalue weighted by molar-refractivity contribution is 0.452. The molecule has 102 valence electrons. The lowest BCUT2D eigenvalue weighted by Crippen LogP contribution is -2.06. The number of benzene rings is 1. The van der Waals surface area contributed by atoms with Gasteiger partial charge in [-0.2, -0.15) is 0 Å². The molecule has 0 fully saturated rings. The van der Waals surface area contributed by atoms with Crippen LogP contribution in [0.1, 0.15) is 25.1 Å². The fourth-order valence-electron chi connectivity index (χ4n) is 2.20. The standard InChI is InChI=1S/C14H15F3N2/c1-4-10-7(3)13(18-5-2)8-6-9(15)11(16)12(17)14(8)19-10/h6H,4-5H2,1-3H3,(H,18,19). The fourth-order valence-corrected chi connectivity index (χ4v) is 2.20. The summed E-state index contributed by atoms with van der Waals surface area (Å²) in [6.45, 7) is 6.20. The minimum absolute atomic E-state index is 0.127. The van der Waals surface area contributed by atoms with E-state index in [-0.39, 0.29) is 10.9 Å². The number of fused-ring (bicyclic) bond motifs is 1. The zero-order valence-electron chi connectivity index (χ0n) is 11.1. The van der Waals surface area contributed by atoms with Crippen molar-refractivity contribution in [3.8, 4) is 0 Å². The monoisotopic (exact) mass is 268 g/mol. The Morgan fingerprint density at radius 2 is 1.84 bits per heavy atom. The van der Waals surface area contributed by atoms with Gasteiger partial charge in [0, 0.05) is 23.3 Å². The van der Waals surface area contributed by atoms with E-state index in [0.717, 1.165) is 11.6 Å². The summed E-state index contributed by atoms with van der Waals surface area (Å²) in [6.07, 6.45) is 0.596. The number of nitrogens with one attached hydrogen (secondary N) is 1. The third-order valence-corrected chi connectivity index (χ3v) is 3.15. The summed E-state index contributed by atoms with van der Waals surface area (Å²) in [5, 5.41) is 3.34. The van der Waals surface area contributed by atoms with E-state index >= 15 is 0 Å². The Balaban J connectivity index is 2.91. The SMILES string of the molecule is CCNc1c(C)c(CC)nc2c(F)c(F)c(F)cc12. The van der Waals surface area contributed by atoms with Crippen molar-refractivity contribution in [3.05, 3.63) is 34.8 Å². The average molecular weight is 268 g/mol. The van der Waals surface area contributed by atoms with E-state index in [9.17, 15) is 13.2 Å². The Morgan fingerprint density at radius 3 is 2.42 bits per heavy atom. The minimum atomic E-state index is -1.48. The number of aromatic nitrogens is 1. The summed E-state index contributed by atoms with van der Waals surface area (Å²) in [5.41, 5.74) is 2.00. The molecule has 0 aliphatic heterocycles. The van der Waals surface area contributed by atoms with Crippen molar-refractivity contribution in [2.24, 2.45) is 0 Å². The molecule has 0 amide bonds. The smallest absolute Gasteiger partial charge is 0.196 e. The Labute approximate surface area is 109 Å². The van der Waals surface area contributed by atoms with Crippen LogP contribution in [0.15, 0.2) is 6.07 Å². The van der Waals surface area contributed by atoms with Crippen LogP contribution in [0.25, 0.3) is 10.9 Å². The second-order valence-electron chi connectivity index (χ2n) is 4.32. The molecule has 1 aromatic carbocycles. The van der Waals surface area contributed by atoms with Crippen molar-refractivity contribution in [1.29, 1.82) is 0 Å². The van der Waals surface area contributed by atoms with Gasteiger partial charge in [0.15, 0.2) is 17.5 Å². The van der Waals surface area contributed by atoms with Crippen molar-refractivity contribution in [3.63, 3.8) is 0 Å². The third kappa shape index (κ3) is 2.13. The van der Waals surface area contributed by atoms with Crippen molar-refractivity contribution in [2.45, 2.75) is 27.2 Å². The lowest BCUT2D eigenvalue weighted by Gasteiger charge is -2.15. The van der Waals surface area contributed by atoms with Crippen molar-refractivity contribution < 1.29 is 13.2 Å². The van der Waals surface area contributed by atoms with Crippen LogP contribution in [-0.2, 0) is 6.42 Å². The van der Waals surface area contributed by atoms with Gasteiger partial charge in [-0.15, -0.1) is 0 Å². The molecule has 2 aromatic rings. The number of halogens is 3. The molecule has 0 radical (unpaired) electrons. The third-order valence-electron chi connectivity index (χ3n) is 3.15. The maximum atomic E-state index is 13.8. The first-order valence-corrected chi connectivity index (χ1v) is 6.21. The molecule has 2 nitrogen and oxygen atoms in total. The van der Waals surface area contributed by atoms with Gasteiger partial charge in [-0.3, -0.25) is 0 Å². The normalized spacial score (nSPS) is 11.1. The summed E-state index contributed by atoms with van der Waals surface area (Å²) in [5.74, 6) is -3.91.